The lowest BCUT2D eigenvalue weighted by molar-refractivity contribution is -0.116. The van der Waals surface area contributed by atoms with Crippen LogP contribution < -0.4 is 5.32 Å². The molecule has 6 heteroatoms. The van der Waals surface area contributed by atoms with E-state index in [1.165, 1.54) is 11.1 Å². The molecule has 0 fully saturated rings. The molecule has 0 unspecified atom stereocenters. The first-order valence-electron chi connectivity index (χ1n) is 7.81. The number of rotatable bonds is 5. The number of nitrogens with one attached hydrogen (secondary N) is 1. The number of hydrogen-bond acceptors (Lipinski definition) is 4. The number of tetrazole rings is 1. The molecule has 1 aromatic heterocycles. The van der Waals surface area contributed by atoms with Crippen LogP contribution in [0.1, 0.15) is 23.1 Å². The van der Waals surface area contributed by atoms with Gasteiger partial charge in [-0.25, -0.2) is 4.68 Å². The minimum Gasteiger partial charge on any atom is -0.326 e. The molecule has 0 spiro atoms. The van der Waals surface area contributed by atoms with Crippen molar-refractivity contribution in [1.29, 1.82) is 0 Å². The second kappa shape index (κ2) is 7.04. The largest absolute Gasteiger partial charge is 0.326 e. The number of aromatic nitrogens is 4. The van der Waals surface area contributed by atoms with E-state index < -0.39 is 0 Å². The van der Waals surface area contributed by atoms with Crippen molar-refractivity contribution in [1.82, 2.24) is 20.2 Å². The van der Waals surface area contributed by atoms with E-state index in [9.17, 15) is 4.79 Å². The van der Waals surface area contributed by atoms with Crippen molar-refractivity contribution in [3.05, 3.63) is 65.5 Å². The van der Waals surface area contributed by atoms with Crippen LogP contribution in [0.15, 0.2) is 48.8 Å². The summed E-state index contributed by atoms with van der Waals surface area (Å²) in [4.78, 5) is 12.1. The molecule has 1 amide bonds. The highest BCUT2D eigenvalue weighted by Crippen LogP contribution is 2.18. The maximum Gasteiger partial charge on any atom is 0.224 e. The summed E-state index contributed by atoms with van der Waals surface area (Å²) in [7, 11) is 0. The second-order valence-corrected chi connectivity index (χ2v) is 5.79. The third kappa shape index (κ3) is 3.84. The van der Waals surface area contributed by atoms with Gasteiger partial charge in [-0.2, -0.15) is 0 Å². The monoisotopic (exact) mass is 321 g/mol. The van der Waals surface area contributed by atoms with Crippen molar-refractivity contribution in [2.24, 2.45) is 0 Å². The zero-order chi connectivity index (χ0) is 16.9. The van der Waals surface area contributed by atoms with Gasteiger partial charge in [0.05, 0.1) is 5.69 Å². The lowest BCUT2D eigenvalue weighted by Crippen LogP contribution is -2.12. The number of carbonyl (C=O) groups excluding carboxylic acids is 1. The Morgan fingerprint density at radius 3 is 2.58 bits per heavy atom. The van der Waals surface area contributed by atoms with Gasteiger partial charge in [-0.05, 0) is 60.0 Å². The Hall–Kier alpha value is -3.02. The van der Waals surface area contributed by atoms with E-state index in [4.69, 9.17) is 0 Å². The molecule has 0 saturated heterocycles. The van der Waals surface area contributed by atoms with Gasteiger partial charge in [0.1, 0.15) is 6.33 Å². The van der Waals surface area contributed by atoms with Crippen molar-refractivity contribution >= 4 is 11.6 Å². The number of carbonyl (C=O) groups is 1. The molecular weight excluding hydrogens is 302 g/mol. The number of anilines is 1. The standard InChI is InChI=1S/C18H19N5O/c1-13-3-5-15(6-4-13)7-10-18(24)20-16-8-9-17(14(2)11-16)23-12-19-21-22-23/h3-6,8-9,11-12H,7,10H2,1-2H3,(H,20,24). The molecule has 0 bridgehead atoms. The van der Waals surface area contributed by atoms with E-state index in [2.05, 4.69) is 52.0 Å². The van der Waals surface area contributed by atoms with Crippen LogP contribution in [0.2, 0.25) is 0 Å². The van der Waals surface area contributed by atoms with Gasteiger partial charge < -0.3 is 5.32 Å². The van der Waals surface area contributed by atoms with Crippen LogP contribution in [0.5, 0.6) is 0 Å². The summed E-state index contributed by atoms with van der Waals surface area (Å²) in [5.41, 5.74) is 5.04. The average Bonchev–Trinajstić information content (AvgIpc) is 3.09. The van der Waals surface area contributed by atoms with E-state index in [-0.39, 0.29) is 5.91 Å². The Morgan fingerprint density at radius 2 is 1.92 bits per heavy atom. The third-order valence-electron chi connectivity index (χ3n) is 3.84. The lowest BCUT2D eigenvalue weighted by Gasteiger charge is -2.09. The molecule has 2 aromatic carbocycles. The number of hydrogen-bond donors (Lipinski definition) is 1. The van der Waals surface area contributed by atoms with Crippen LogP contribution in [-0.4, -0.2) is 26.1 Å². The molecule has 0 atom stereocenters. The van der Waals surface area contributed by atoms with Crippen LogP contribution in [0.3, 0.4) is 0 Å². The zero-order valence-corrected chi connectivity index (χ0v) is 13.7. The summed E-state index contributed by atoms with van der Waals surface area (Å²) in [5.74, 6) is 0.00477. The van der Waals surface area contributed by atoms with Gasteiger partial charge in [0.2, 0.25) is 5.91 Å². The molecule has 0 radical (unpaired) electrons. The Bertz CT molecular complexity index is 825. The molecule has 122 valence electrons. The Balaban J connectivity index is 1.60. The third-order valence-corrected chi connectivity index (χ3v) is 3.84. The van der Waals surface area contributed by atoms with E-state index in [0.717, 1.165) is 23.4 Å². The SMILES string of the molecule is Cc1ccc(CCC(=O)Nc2ccc(-n3cnnn3)c(C)c2)cc1. The van der Waals surface area contributed by atoms with Crippen molar-refractivity contribution in [3.8, 4) is 5.69 Å². The fourth-order valence-electron chi connectivity index (χ4n) is 2.50. The topological polar surface area (TPSA) is 72.7 Å². The van der Waals surface area contributed by atoms with E-state index in [1.54, 1.807) is 11.0 Å². The number of nitrogens with zero attached hydrogens (tertiary/aromatic N) is 4. The molecule has 1 N–H and O–H groups in total. The highest BCUT2D eigenvalue weighted by atomic mass is 16.1. The van der Waals surface area contributed by atoms with Crippen LogP contribution in [0.25, 0.3) is 5.69 Å². The maximum atomic E-state index is 12.1. The molecule has 3 aromatic rings. The highest BCUT2D eigenvalue weighted by Gasteiger charge is 2.07. The highest BCUT2D eigenvalue weighted by molar-refractivity contribution is 5.91. The first-order chi connectivity index (χ1) is 11.6. The fraction of sp³-hybridized carbons (Fsp3) is 0.222. The summed E-state index contributed by atoms with van der Waals surface area (Å²) in [6.45, 7) is 4.01. The first-order valence-corrected chi connectivity index (χ1v) is 7.81. The normalized spacial score (nSPS) is 10.6. The summed E-state index contributed by atoms with van der Waals surface area (Å²) in [6.07, 6.45) is 2.73. The summed E-state index contributed by atoms with van der Waals surface area (Å²) < 4.78 is 1.60. The molecule has 6 nitrogen and oxygen atoms in total. The van der Waals surface area contributed by atoms with Crippen molar-refractivity contribution in [2.75, 3.05) is 5.32 Å². The zero-order valence-electron chi connectivity index (χ0n) is 13.7. The van der Waals surface area contributed by atoms with Gasteiger partial charge in [0.25, 0.3) is 0 Å². The molecular formula is C18H19N5O. The predicted molar refractivity (Wildman–Crippen MR) is 92.0 cm³/mol. The minimum absolute atomic E-state index is 0.00477. The Morgan fingerprint density at radius 1 is 1.12 bits per heavy atom. The van der Waals surface area contributed by atoms with Gasteiger partial charge in [-0.15, -0.1) is 5.10 Å². The molecule has 0 aliphatic heterocycles. The molecule has 3 rings (SSSR count). The minimum atomic E-state index is 0.00477. The van der Waals surface area contributed by atoms with Gasteiger partial charge in [0, 0.05) is 12.1 Å². The molecule has 0 aliphatic carbocycles. The second-order valence-electron chi connectivity index (χ2n) is 5.79. The number of amides is 1. The van der Waals surface area contributed by atoms with E-state index in [1.807, 2.05) is 25.1 Å². The summed E-state index contributed by atoms with van der Waals surface area (Å²) in [5, 5.41) is 14.1. The number of aryl methyl sites for hydroxylation is 3. The van der Waals surface area contributed by atoms with E-state index in [0.29, 0.717) is 6.42 Å². The van der Waals surface area contributed by atoms with Gasteiger partial charge in [-0.3, -0.25) is 4.79 Å². The smallest absolute Gasteiger partial charge is 0.224 e. The lowest BCUT2D eigenvalue weighted by atomic mass is 10.1. The van der Waals surface area contributed by atoms with Crippen LogP contribution in [0.4, 0.5) is 5.69 Å². The van der Waals surface area contributed by atoms with E-state index >= 15 is 0 Å². The fourth-order valence-corrected chi connectivity index (χ4v) is 2.50. The maximum absolute atomic E-state index is 12.1. The summed E-state index contributed by atoms with van der Waals surface area (Å²) in [6, 6.07) is 13.9. The molecule has 0 saturated carbocycles. The van der Waals surface area contributed by atoms with Crippen LogP contribution in [0, 0.1) is 13.8 Å². The summed E-state index contributed by atoms with van der Waals surface area (Å²) >= 11 is 0. The van der Waals surface area contributed by atoms with Gasteiger partial charge in [0.15, 0.2) is 0 Å². The van der Waals surface area contributed by atoms with Crippen molar-refractivity contribution in [2.45, 2.75) is 26.7 Å². The van der Waals surface area contributed by atoms with Crippen molar-refractivity contribution < 1.29 is 4.79 Å². The molecule has 0 aliphatic rings. The average molecular weight is 321 g/mol. The van der Waals surface area contributed by atoms with Crippen LogP contribution >= 0.6 is 0 Å². The first kappa shape index (κ1) is 15.9. The van der Waals surface area contributed by atoms with Crippen LogP contribution in [-0.2, 0) is 11.2 Å². The molecule has 1 heterocycles. The van der Waals surface area contributed by atoms with Gasteiger partial charge >= 0.3 is 0 Å². The Labute approximate surface area is 140 Å². The predicted octanol–water partition coefficient (Wildman–Crippen LogP) is 2.85. The molecule has 24 heavy (non-hydrogen) atoms. The number of benzene rings is 2. The Kier molecular flexibility index (Phi) is 4.65. The van der Waals surface area contributed by atoms with Gasteiger partial charge in [-0.1, -0.05) is 29.8 Å². The quantitative estimate of drug-likeness (QED) is 0.784. The van der Waals surface area contributed by atoms with Crippen molar-refractivity contribution in [3.63, 3.8) is 0 Å².